The van der Waals surface area contributed by atoms with E-state index in [2.05, 4.69) is 65.5 Å². The molecule has 0 spiro atoms. The van der Waals surface area contributed by atoms with Crippen molar-refractivity contribution < 1.29 is 0 Å². The molecule has 0 amide bonds. The second-order valence-corrected chi connectivity index (χ2v) is 5.12. The molecule has 0 aliphatic heterocycles. The lowest BCUT2D eigenvalue weighted by atomic mass is 9.81. The first-order chi connectivity index (χ1) is 8.00. The highest BCUT2D eigenvalue weighted by atomic mass is 14.4. The van der Waals surface area contributed by atoms with E-state index in [1.54, 1.807) is 0 Å². The van der Waals surface area contributed by atoms with Crippen molar-refractivity contribution in [2.24, 2.45) is 0 Å². The maximum atomic E-state index is 3.91. The molecule has 0 radical (unpaired) electrons. The average molecular weight is 228 g/mol. The molecule has 0 atom stereocenters. The van der Waals surface area contributed by atoms with Gasteiger partial charge in [0, 0.05) is 5.41 Å². The first-order valence-corrected chi connectivity index (χ1v) is 6.44. The Balaban J connectivity index is 0.000000437. The number of benzene rings is 1. The van der Waals surface area contributed by atoms with Crippen LogP contribution in [0.3, 0.4) is 0 Å². The van der Waals surface area contributed by atoms with Gasteiger partial charge in [-0.1, -0.05) is 71.0 Å². The Morgan fingerprint density at radius 2 is 1.71 bits per heavy atom. The Bertz CT molecular complexity index is 433. The lowest BCUT2D eigenvalue weighted by Crippen LogP contribution is -2.15. The largest absolute Gasteiger partial charge is 0.0987 e. The molecule has 92 valence electrons. The summed E-state index contributed by atoms with van der Waals surface area (Å²) in [6.45, 7) is 14.9. The van der Waals surface area contributed by atoms with Gasteiger partial charge in [-0.15, -0.1) is 0 Å². The van der Waals surface area contributed by atoms with Gasteiger partial charge in [0.1, 0.15) is 0 Å². The summed E-state index contributed by atoms with van der Waals surface area (Å²) < 4.78 is 0. The van der Waals surface area contributed by atoms with Gasteiger partial charge in [-0.2, -0.15) is 0 Å². The van der Waals surface area contributed by atoms with Gasteiger partial charge in [0.05, 0.1) is 0 Å². The summed E-state index contributed by atoms with van der Waals surface area (Å²) in [5.41, 5.74) is 5.67. The Labute approximate surface area is 106 Å². The SMILES string of the molecule is C=CC1=C(C)c2ccccc2C1(C)C.CCC. The van der Waals surface area contributed by atoms with Gasteiger partial charge in [-0.3, -0.25) is 0 Å². The van der Waals surface area contributed by atoms with E-state index < -0.39 is 0 Å². The van der Waals surface area contributed by atoms with Crippen molar-refractivity contribution in [2.45, 2.75) is 46.5 Å². The summed E-state index contributed by atoms with van der Waals surface area (Å²) >= 11 is 0. The van der Waals surface area contributed by atoms with Gasteiger partial charge in [-0.05, 0) is 29.2 Å². The van der Waals surface area contributed by atoms with Crippen LogP contribution in [0.5, 0.6) is 0 Å². The topological polar surface area (TPSA) is 0 Å². The zero-order chi connectivity index (χ0) is 13.1. The van der Waals surface area contributed by atoms with Gasteiger partial charge in [0.15, 0.2) is 0 Å². The van der Waals surface area contributed by atoms with Crippen LogP contribution in [0.1, 0.15) is 52.2 Å². The summed E-state index contributed by atoms with van der Waals surface area (Å²) in [5.74, 6) is 0. The molecule has 1 aromatic rings. The molecule has 0 aromatic heterocycles. The minimum Gasteiger partial charge on any atom is -0.0987 e. The van der Waals surface area contributed by atoms with Crippen molar-refractivity contribution in [3.05, 3.63) is 53.6 Å². The molecule has 2 rings (SSSR count). The molecule has 1 aliphatic rings. The Hall–Kier alpha value is -1.30. The van der Waals surface area contributed by atoms with Gasteiger partial charge in [0.25, 0.3) is 0 Å². The minimum absolute atomic E-state index is 0.127. The first kappa shape index (κ1) is 13.8. The van der Waals surface area contributed by atoms with E-state index in [1.165, 1.54) is 28.7 Å². The monoisotopic (exact) mass is 228 g/mol. The van der Waals surface area contributed by atoms with Crippen LogP contribution >= 0.6 is 0 Å². The van der Waals surface area contributed by atoms with Crippen LogP contribution in [0, 0.1) is 0 Å². The van der Waals surface area contributed by atoms with E-state index >= 15 is 0 Å². The van der Waals surface area contributed by atoms with Crippen molar-refractivity contribution in [3.8, 4) is 0 Å². The van der Waals surface area contributed by atoms with Crippen LogP contribution in [-0.4, -0.2) is 0 Å². The number of fused-ring (bicyclic) bond motifs is 1. The van der Waals surface area contributed by atoms with Crippen molar-refractivity contribution >= 4 is 5.57 Å². The summed E-state index contributed by atoms with van der Waals surface area (Å²) in [6, 6.07) is 8.63. The van der Waals surface area contributed by atoms with Gasteiger partial charge in [0.2, 0.25) is 0 Å². The normalized spacial score (nSPS) is 16.1. The summed E-state index contributed by atoms with van der Waals surface area (Å²) in [7, 11) is 0. The van der Waals surface area contributed by atoms with Crippen LogP contribution in [-0.2, 0) is 5.41 Å². The van der Waals surface area contributed by atoms with E-state index in [4.69, 9.17) is 0 Å². The molecule has 0 fully saturated rings. The van der Waals surface area contributed by atoms with E-state index in [9.17, 15) is 0 Å². The predicted octanol–water partition coefficient (Wildman–Crippen LogP) is 5.35. The predicted molar refractivity (Wildman–Crippen MR) is 78.2 cm³/mol. The molecule has 0 N–H and O–H groups in total. The molecule has 0 bridgehead atoms. The maximum Gasteiger partial charge on any atom is 0.0155 e. The second-order valence-electron chi connectivity index (χ2n) is 5.12. The van der Waals surface area contributed by atoms with E-state index in [-0.39, 0.29) is 5.41 Å². The zero-order valence-corrected chi connectivity index (χ0v) is 11.8. The lowest BCUT2D eigenvalue weighted by Gasteiger charge is -2.22. The minimum atomic E-state index is 0.127. The highest BCUT2D eigenvalue weighted by molar-refractivity contribution is 5.80. The molecule has 1 aliphatic carbocycles. The lowest BCUT2D eigenvalue weighted by molar-refractivity contribution is 0.654. The highest BCUT2D eigenvalue weighted by Crippen LogP contribution is 2.45. The van der Waals surface area contributed by atoms with E-state index in [0.29, 0.717) is 0 Å². The van der Waals surface area contributed by atoms with Crippen LogP contribution in [0.4, 0.5) is 0 Å². The molecule has 1 aromatic carbocycles. The van der Waals surface area contributed by atoms with Crippen LogP contribution < -0.4 is 0 Å². The van der Waals surface area contributed by atoms with Crippen LogP contribution in [0.2, 0.25) is 0 Å². The summed E-state index contributed by atoms with van der Waals surface area (Å²) in [4.78, 5) is 0. The zero-order valence-electron chi connectivity index (χ0n) is 11.8. The van der Waals surface area contributed by atoms with E-state index in [1.807, 2.05) is 6.08 Å². The molecule has 0 saturated heterocycles. The smallest absolute Gasteiger partial charge is 0.0155 e. The molecule has 0 heteroatoms. The molecule has 0 nitrogen and oxygen atoms in total. The highest BCUT2D eigenvalue weighted by Gasteiger charge is 2.33. The molecular weight excluding hydrogens is 204 g/mol. The van der Waals surface area contributed by atoms with Gasteiger partial charge >= 0.3 is 0 Å². The van der Waals surface area contributed by atoms with E-state index in [0.717, 1.165) is 0 Å². The number of allylic oxidation sites excluding steroid dienone is 3. The fourth-order valence-electron chi connectivity index (χ4n) is 2.52. The van der Waals surface area contributed by atoms with Crippen molar-refractivity contribution in [1.82, 2.24) is 0 Å². The number of hydrogen-bond acceptors (Lipinski definition) is 0. The molecule has 0 saturated carbocycles. The van der Waals surface area contributed by atoms with Crippen LogP contribution in [0.25, 0.3) is 5.57 Å². The molecule has 0 unspecified atom stereocenters. The Morgan fingerprint density at radius 1 is 1.18 bits per heavy atom. The Kier molecular flexibility index (Phi) is 4.34. The quantitative estimate of drug-likeness (QED) is 0.607. The van der Waals surface area contributed by atoms with Crippen molar-refractivity contribution in [2.75, 3.05) is 0 Å². The summed E-state index contributed by atoms with van der Waals surface area (Å²) in [5, 5.41) is 0. The second kappa shape index (κ2) is 5.35. The number of hydrogen-bond donors (Lipinski definition) is 0. The summed E-state index contributed by atoms with van der Waals surface area (Å²) in [6.07, 6.45) is 3.25. The number of rotatable bonds is 1. The molecule has 0 heterocycles. The molecule has 17 heavy (non-hydrogen) atoms. The van der Waals surface area contributed by atoms with Crippen LogP contribution in [0.15, 0.2) is 42.5 Å². The first-order valence-electron chi connectivity index (χ1n) is 6.44. The fraction of sp³-hybridized carbons (Fsp3) is 0.412. The standard InChI is InChI=1S/C14H16.C3H8/c1-5-12-10(2)11-8-6-7-9-13(11)14(12,3)4;1-3-2/h5-9H,1H2,2-4H3;3H2,1-2H3. The molecular formula is C17H24. The Morgan fingerprint density at radius 3 is 2.18 bits per heavy atom. The van der Waals surface area contributed by atoms with Crippen molar-refractivity contribution in [1.29, 1.82) is 0 Å². The van der Waals surface area contributed by atoms with Gasteiger partial charge in [-0.25, -0.2) is 0 Å². The third-order valence-electron chi connectivity index (χ3n) is 3.29. The fourth-order valence-corrected chi connectivity index (χ4v) is 2.52. The maximum absolute atomic E-state index is 3.91. The third kappa shape index (κ3) is 2.36. The average Bonchev–Trinajstić information content (AvgIpc) is 2.49. The third-order valence-corrected chi connectivity index (χ3v) is 3.29. The van der Waals surface area contributed by atoms with Crippen molar-refractivity contribution in [3.63, 3.8) is 0 Å². The van der Waals surface area contributed by atoms with Gasteiger partial charge < -0.3 is 0 Å².